The Morgan fingerprint density at radius 1 is 1.44 bits per heavy atom. The minimum Gasteiger partial charge on any atom is -0.330 e. The normalized spacial score (nSPS) is 18.9. The fourth-order valence-electron chi connectivity index (χ4n) is 2.61. The third-order valence-corrected chi connectivity index (χ3v) is 3.63. The monoisotopic (exact) mass is 246 g/mol. The van der Waals surface area contributed by atoms with Crippen LogP contribution in [0.1, 0.15) is 17.9 Å². The van der Waals surface area contributed by atoms with Crippen LogP contribution in [0.2, 0.25) is 0 Å². The van der Waals surface area contributed by atoms with E-state index in [1.165, 1.54) is 0 Å². The van der Waals surface area contributed by atoms with Crippen LogP contribution in [0.5, 0.6) is 0 Å². The van der Waals surface area contributed by atoms with Crippen molar-refractivity contribution in [1.82, 2.24) is 24.5 Å². The molecule has 2 aromatic rings. The van der Waals surface area contributed by atoms with Gasteiger partial charge in [0.15, 0.2) is 5.82 Å². The first-order valence-electron chi connectivity index (χ1n) is 6.31. The Labute approximate surface area is 106 Å². The molecule has 0 aromatic carbocycles. The van der Waals surface area contributed by atoms with E-state index >= 15 is 0 Å². The lowest BCUT2D eigenvalue weighted by atomic mass is 9.99. The van der Waals surface area contributed by atoms with Crippen molar-refractivity contribution >= 4 is 0 Å². The third-order valence-electron chi connectivity index (χ3n) is 3.63. The molecule has 0 bridgehead atoms. The number of nitrogens with zero attached hydrogens (tertiary/aromatic N) is 5. The summed E-state index contributed by atoms with van der Waals surface area (Å²) in [4.78, 5) is 0. The lowest BCUT2D eigenvalue weighted by Gasteiger charge is -2.22. The van der Waals surface area contributed by atoms with Gasteiger partial charge < -0.3 is 10.3 Å². The summed E-state index contributed by atoms with van der Waals surface area (Å²) in [6, 6.07) is 0. The molecule has 0 amide bonds. The maximum absolute atomic E-state index is 5.78. The number of aromatic nitrogens is 5. The predicted molar refractivity (Wildman–Crippen MR) is 67.8 cm³/mol. The number of fused-ring (bicyclic) bond motifs is 1. The van der Waals surface area contributed by atoms with Gasteiger partial charge in [0.1, 0.15) is 5.82 Å². The summed E-state index contributed by atoms with van der Waals surface area (Å²) >= 11 is 0. The van der Waals surface area contributed by atoms with Gasteiger partial charge in [0.25, 0.3) is 0 Å². The van der Waals surface area contributed by atoms with E-state index in [2.05, 4.69) is 19.9 Å². The second kappa shape index (κ2) is 4.20. The number of nitrogens with two attached hydrogens (primary N) is 1. The summed E-state index contributed by atoms with van der Waals surface area (Å²) in [5.41, 5.74) is 7.83. The summed E-state index contributed by atoms with van der Waals surface area (Å²) in [6.45, 7) is 3.64. The van der Waals surface area contributed by atoms with Gasteiger partial charge in [-0.15, -0.1) is 10.2 Å². The van der Waals surface area contributed by atoms with Gasteiger partial charge in [-0.25, -0.2) is 0 Å². The fraction of sp³-hybridized carbons (Fsp3) is 0.583. The van der Waals surface area contributed by atoms with Crippen molar-refractivity contribution in [3.8, 4) is 11.4 Å². The van der Waals surface area contributed by atoms with Crippen LogP contribution in [-0.4, -0.2) is 31.1 Å². The highest BCUT2D eigenvalue weighted by Crippen LogP contribution is 2.26. The lowest BCUT2D eigenvalue weighted by Crippen LogP contribution is -2.26. The van der Waals surface area contributed by atoms with E-state index in [4.69, 9.17) is 5.73 Å². The minimum absolute atomic E-state index is 0.532. The topological polar surface area (TPSA) is 74.5 Å². The first kappa shape index (κ1) is 11.4. The molecule has 6 nitrogen and oxygen atoms in total. The predicted octanol–water partition coefficient (Wildman–Crippen LogP) is 0.508. The number of hydrogen-bond donors (Lipinski definition) is 1. The zero-order valence-corrected chi connectivity index (χ0v) is 10.8. The molecule has 0 aliphatic carbocycles. The molecule has 18 heavy (non-hydrogen) atoms. The lowest BCUT2D eigenvalue weighted by molar-refractivity contribution is 0.375. The van der Waals surface area contributed by atoms with Gasteiger partial charge in [-0.1, -0.05) is 0 Å². The Kier molecular flexibility index (Phi) is 2.66. The van der Waals surface area contributed by atoms with Crippen LogP contribution in [0.15, 0.2) is 6.20 Å². The molecule has 0 saturated carbocycles. The van der Waals surface area contributed by atoms with Gasteiger partial charge >= 0.3 is 0 Å². The van der Waals surface area contributed by atoms with Crippen LogP contribution in [0.4, 0.5) is 0 Å². The molecule has 6 heteroatoms. The van der Waals surface area contributed by atoms with E-state index in [0.717, 1.165) is 48.8 Å². The van der Waals surface area contributed by atoms with E-state index in [0.29, 0.717) is 5.92 Å². The van der Waals surface area contributed by atoms with E-state index in [9.17, 15) is 0 Å². The van der Waals surface area contributed by atoms with E-state index in [1.807, 2.05) is 24.9 Å². The molecule has 1 unspecified atom stereocenters. The van der Waals surface area contributed by atoms with E-state index in [-0.39, 0.29) is 0 Å². The van der Waals surface area contributed by atoms with Gasteiger partial charge in [-0.05, 0) is 25.8 Å². The zero-order valence-electron chi connectivity index (χ0n) is 10.8. The minimum atomic E-state index is 0.532. The molecular weight excluding hydrogens is 228 g/mol. The molecule has 1 atom stereocenters. The molecule has 0 spiro atoms. The Balaban J connectivity index is 2.04. The second-order valence-corrected chi connectivity index (χ2v) is 4.99. The number of rotatable bonds is 2. The van der Waals surface area contributed by atoms with Crippen molar-refractivity contribution in [3.63, 3.8) is 0 Å². The molecule has 2 aromatic heterocycles. The standard InChI is InChI=1S/C12H18N6/c1-8-10(7-17(2)16-8)12-15-14-11-4-3-9(5-13)6-18(11)12/h7,9H,3-6,13H2,1-2H3. The van der Waals surface area contributed by atoms with Crippen LogP contribution < -0.4 is 5.73 Å². The van der Waals surface area contributed by atoms with Gasteiger partial charge in [-0.3, -0.25) is 4.68 Å². The van der Waals surface area contributed by atoms with Crippen molar-refractivity contribution in [1.29, 1.82) is 0 Å². The van der Waals surface area contributed by atoms with Crippen molar-refractivity contribution in [2.75, 3.05) is 6.54 Å². The largest absolute Gasteiger partial charge is 0.330 e. The highest BCUT2D eigenvalue weighted by molar-refractivity contribution is 5.57. The molecule has 0 radical (unpaired) electrons. The van der Waals surface area contributed by atoms with Crippen LogP contribution in [0.25, 0.3) is 11.4 Å². The quantitative estimate of drug-likeness (QED) is 0.837. The van der Waals surface area contributed by atoms with Crippen LogP contribution in [0, 0.1) is 12.8 Å². The fourth-order valence-corrected chi connectivity index (χ4v) is 2.61. The maximum Gasteiger partial charge on any atom is 0.167 e. The van der Waals surface area contributed by atoms with Gasteiger partial charge in [0.2, 0.25) is 0 Å². The smallest absolute Gasteiger partial charge is 0.167 e. The highest BCUT2D eigenvalue weighted by Gasteiger charge is 2.24. The second-order valence-electron chi connectivity index (χ2n) is 4.99. The average molecular weight is 246 g/mol. The molecule has 3 heterocycles. The first-order chi connectivity index (χ1) is 8.69. The molecule has 96 valence electrons. The van der Waals surface area contributed by atoms with Gasteiger partial charge in [0, 0.05) is 26.2 Å². The maximum atomic E-state index is 5.78. The molecule has 1 aliphatic heterocycles. The number of hydrogen-bond acceptors (Lipinski definition) is 4. The molecule has 2 N–H and O–H groups in total. The summed E-state index contributed by atoms with van der Waals surface area (Å²) in [6.07, 6.45) is 4.08. The summed E-state index contributed by atoms with van der Waals surface area (Å²) in [7, 11) is 1.92. The summed E-state index contributed by atoms with van der Waals surface area (Å²) < 4.78 is 4.01. The Hall–Kier alpha value is -1.69. The Bertz CT molecular complexity index is 567. The first-order valence-corrected chi connectivity index (χ1v) is 6.31. The Morgan fingerprint density at radius 3 is 2.94 bits per heavy atom. The number of aryl methyl sites for hydroxylation is 3. The van der Waals surface area contributed by atoms with Crippen LogP contribution in [0.3, 0.4) is 0 Å². The SMILES string of the molecule is Cc1nn(C)cc1-c1nnc2n1CC(CN)CC2. The summed E-state index contributed by atoms with van der Waals surface area (Å²) in [5.74, 6) is 2.52. The van der Waals surface area contributed by atoms with Gasteiger partial charge in [-0.2, -0.15) is 5.10 Å². The zero-order chi connectivity index (χ0) is 12.7. The summed E-state index contributed by atoms with van der Waals surface area (Å²) in [5, 5.41) is 13.0. The molecule has 3 rings (SSSR count). The van der Waals surface area contributed by atoms with E-state index in [1.54, 1.807) is 0 Å². The van der Waals surface area contributed by atoms with Crippen LogP contribution >= 0.6 is 0 Å². The van der Waals surface area contributed by atoms with Crippen molar-refractivity contribution < 1.29 is 0 Å². The van der Waals surface area contributed by atoms with Crippen molar-refractivity contribution in [3.05, 3.63) is 17.7 Å². The van der Waals surface area contributed by atoms with Crippen LogP contribution in [-0.2, 0) is 20.0 Å². The molecule has 1 aliphatic rings. The highest BCUT2D eigenvalue weighted by atomic mass is 15.3. The van der Waals surface area contributed by atoms with Crippen molar-refractivity contribution in [2.24, 2.45) is 18.7 Å². The van der Waals surface area contributed by atoms with Gasteiger partial charge in [0.05, 0.1) is 11.3 Å². The third kappa shape index (κ3) is 1.73. The van der Waals surface area contributed by atoms with E-state index < -0.39 is 0 Å². The average Bonchev–Trinajstić information content (AvgIpc) is 2.91. The Morgan fingerprint density at radius 2 is 2.28 bits per heavy atom. The molecule has 0 saturated heterocycles. The van der Waals surface area contributed by atoms with Crippen molar-refractivity contribution in [2.45, 2.75) is 26.3 Å². The molecular formula is C12H18N6. The molecule has 0 fully saturated rings.